The molecule has 12 nitrogen and oxygen atoms in total. The molecule has 12 heteroatoms. The molecule has 7 aromatic rings. The molecular formula is C41H31N5O7. The number of hydrogen-bond donors (Lipinski definition) is 2. The van der Waals surface area contributed by atoms with Crippen LogP contribution < -0.4 is 10.4 Å². The number of ether oxygens (including phenoxy) is 2. The summed E-state index contributed by atoms with van der Waals surface area (Å²) in [5, 5.41) is 23.6. The number of para-hydroxylation sites is 3. The van der Waals surface area contributed by atoms with Crippen LogP contribution >= 0.6 is 0 Å². The van der Waals surface area contributed by atoms with Gasteiger partial charge in [-0.25, -0.2) is 19.3 Å². The predicted octanol–water partition coefficient (Wildman–Crippen LogP) is 6.04. The summed E-state index contributed by atoms with van der Waals surface area (Å²) in [6, 6.07) is 31.8. The van der Waals surface area contributed by atoms with E-state index in [1.165, 1.54) is 6.08 Å². The van der Waals surface area contributed by atoms with Crippen LogP contribution in [0.25, 0.3) is 44.9 Å². The Bertz CT molecular complexity index is 2600. The minimum absolute atomic E-state index is 0.211. The quantitative estimate of drug-likeness (QED) is 0.105. The highest BCUT2D eigenvalue weighted by molar-refractivity contribution is 6.14. The number of carbonyl (C=O) groups is 2. The number of aliphatic hydroxyl groups is 1. The van der Waals surface area contributed by atoms with Crippen LogP contribution in [-0.4, -0.2) is 62.3 Å². The van der Waals surface area contributed by atoms with Crippen LogP contribution in [0.4, 0.5) is 0 Å². The van der Waals surface area contributed by atoms with Crippen molar-refractivity contribution >= 4 is 45.5 Å². The predicted molar refractivity (Wildman–Crippen MR) is 198 cm³/mol. The standard InChI is InChI=1S/C41H31N5O7/c1-51-29-18-15-25(16-19-29)39-40(49)38(32-22-42-33-13-7-6-12-30(32)33)44-46(39)35(47)24-52-36(48)20-17-27-23-45(28-10-3-2-4-11-28)43-37(27)31-21-26-9-5-8-14-34(26)53-41(31)50/h2-23,39-40,42,49H,24H2,1H3/b20-17+. The molecule has 1 amide bonds. The lowest BCUT2D eigenvalue weighted by atomic mass is 9.95. The molecule has 0 bridgehead atoms. The third kappa shape index (κ3) is 6.39. The zero-order valence-electron chi connectivity index (χ0n) is 28.2. The monoisotopic (exact) mass is 705 g/mol. The van der Waals surface area contributed by atoms with E-state index < -0.39 is 36.3 Å². The van der Waals surface area contributed by atoms with E-state index in [1.807, 2.05) is 66.7 Å². The van der Waals surface area contributed by atoms with Gasteiger partial charge in [0.25, 0.3) is 5.91 Å². The molecule has 8 rings (SSSR count). The van der Waals surface area contributed by atoms with Crippen molar-refractivity contribution in [3.05, 3.63) is 155 Å². The number of rotatable bonds is 9. The molecule has 0 saturated carbocycles. The molecule has 53 heavy (non-hydrogen) atoms. The van der Waals surface area contributed by atoms with Gasteiger partial charge in [-0.15, -0.1) is 0 Å². The minimum Gasteiger partial charge on any atom is -0.497 e. The molecule has 4 heterocycles. The van der Waals surface area contributed by atoms with Crippen LogP contribution in [-0.2, 0) is 14.3 Å². The van der Waals surface area contributed by atoms with Crippen molar-refractivity contribution in [2.24, 2.45) is 5.10 Å². The number of aromatic amines is 1. The highest BCUT2D eigenvalue weighted by Crippen LogP contribution is 2.36. The first-order chi connectivity index (χ1) is 25.9. The first-order valence-corrected chi connectivity index (χ1v) is 16.7. The SMILES string of the molecule is COc1ccc(C2C(O)C(c3c[nH]c4ccccc34)=NN2C(=O)COC(=O)/C=C/c2cn(-c3ccccc3)nc2-c2cc3ccccc3oc2=O)cc1. The van der Waals surface area contributed by atoms with E-state index in [1.54, 1.807) is 66.6 Å². The number of methoxy groups -OCH3 is 1. The zero-order valence-corrected chi connectivity index (χ0v) is 28.2. The molecule has 0 spiro atoms. The van der Waals surface area contributed by atoms with E-state index >= 15 is 0 Å². The van der Waals surface area contributed by atoms with Crippen LogP contribution in [0.15, 0.2) is 142 Å². The van der Waals surface area contributed by atoms with Crippen LogP contribution in [0.1, 0.15) is 22.7 Å². The largest absolute Gasteiger partial charge is 0.497 e. The van der Waals surface area contributed by atoms with Gasteiger partial charge in [-0.2, -0.15) is 10.2 Å². The summed E-state index contributed by atoms with van der Waals surface area (Å²) in [5.41, 5.74) is 3.93. The molecule has 3 aromatic heterocycles. The highest BCUT2D eigenvalue weighted by atomic mass is 16.5. The number of aliphatic hydroxyl groups excluding tert-OH is 1. The second-order valence-electron chi connectivity index (χ2n) is 12.3. The van der Waals surface area contributed by atoms with Gasteiger partial charge in [-0.1, -0.05) is 66.7 Å². The van der Waals surface area contributed by atoms with Gasteiger partial charge in [0.15, 0.2) is 6.61 Å². The molecule has 2 unspecified atom stereocenters. The van der Waals surface area contributed by atoms with Crippen LogP contribution in [0.5, 0.6) is 5.75 Å². The highest BCUT2D eigenvalue weighted by Gasteiger charge is 2.42. The number of nitrogens with one attached hydrogen (secondary N) is 1. The van der Waals surface area contributed by atoms with Gasteiger partial charge >= 0.3 is 11.6 Å². The number of H-pyrrole nitrogens is 1. The van der Waals surface area contributed by atoms with Crippen molar-refractivity contribution in [2.45, 2.75) is 12.1 Å². The van der Waals surface area contributed by atoms with Gasteiger partial charge in [0.05, 0.1) is 18.4 Å². The smallest absolute Gasteiger partial charge is 0.345 e. The first kappa shape index (κ1) is 33.1. The van der Waals surface area contributed by atoms with Crippen LogP contribution in [0, 0.1) is 0 Å². The Morgan fingerprint density at radius 1 is 0.943 bits per heavy atom. The van der Waals surface area contributed by atoms with E-state index in [9.17, 15) is 19.5 Å². The Balaban J connectivity index is 1.06. The lowest BCUT2D eigenvalue weighted by Gasteiger charge is -2.24. The van der Waals surface area contributed by atoms with Crippen molar-refractivity contribution in [3.8, 4) is 22.7 Å². The lowest BCUT2D eigenvalue weighted by Crippen LogP contribution is -2.35. The summed E-state index contributed by atoms with van der Waals surface area (Å²) < 4.78 is 17.9. The maximum Gasteiger partial charge on any atom is 0.345 e. The molecule has 1 aliphatic heterocycles. The second kappa shape index (κ2) is 13.9. The summed E-state index contributed by atoms with van der Waals surface area (Å²) in [6.07, 6.45) is 4.87. The first-order valence-electron chi connectivity index (χ1n) is 16.7. The van der Waals surface area contributed by atoms with E-state index in [-0.39, 0.29) is 5.56 Å². The number of hydrazone groups is 1. The minimum atomic E-state index is -1.19. The maximum absolute atomic E-state index is 13.7. The number of nitrogens with zero attached hydrogens (tertiary/aromatic N) is 4. The molecule has 0 saturated heterocycles. The van der Waals surface area contributed by atoms with E-state index in [0.717, 1.165) is 27.7 Å². The Morgan fingerprint density at radius 3 is 2.51 bits per heavy atom. The van der Waals surface area contributed by atoms with Crippen molar-refractivity contribution in [2.75, 3.05) is 13.7 Å². The van der Waals surface area contributed by atoms with E-state index in [4.69, 9.17) is 13.9 Å². The molecule has 0 fully saturated rings. The fourth-order valence-electron chi connectivity index (χ4n) is 6.42. The zero-order chi connectivity index (χ0) is 36.5. The summed E-state index contributed by atoms with van der Waals surface area (Å²) in [5.74, 6) is -0.853. The van der Waals surface area contributed by atoms with Gasteiger partial charge in [-0.05, 0) is 54.1 Å². The van der Waals surface area contributed by atoms with Crippen molar-refractivity contribution < 1.29 is 28.6 Å². The number of benzene rings is 4. The van der Waals surface area contributed by atoms with E-state index in [0.29, 0.717) is 44.8 Å². The molecule has 2 atom stereocenters. The molecule has 0 aliphatic carbocycles. The summed E-state index contributed by atoms with van der Waals surface area (Å²) >= 11 is 0. The molecule has 1 aliphatic rings. The molecule has 2 N–H and O–H groups in total. The average molecular weight is 706 g/mol. The summed E-state index contributed by atoms with van der Waals surface area (Å²) in [4.78, 5) is 43.1. The Labute approximate surface area is 301 Å². The number of hydrogen-bond acceptors (Lipinski definition) is 9. The fraction of sp³-hybridized carbons (Fsp3) is 0.0976. The van der Waals surface area contributed by atoms with Crippen LogP contribution in [0.2, 0.25) is 0 Å². The number of amides is 1. The molecule has 262 valence electrons. The lowest BCUT2D eigenvalue weighted by molar-refractivity contribution is -0.149. The average Bonchev–Trinajstić information content (AvgIpc) is 3.91. The number of aromatic nitrogens is 3. The Morgan fingerprint density at radius 2 is 1.70 bits per heavy atom. The van der Waals surface area contributed by atoms with Gasteiger partial charge in [0.2, 0.25) is 0 Å². The Kier molecular flexibility index (Phi) is 8.70. The fourth-order valence-corrected chi connectivity index (χ4v) is 6.42. The molecule has 0 radical (unpaired) electrons. The summed E-state index contributed by atoms with van der Waals surface area (Å²) in [6.45, 7) is -0.655. The normalized spacial score (nSPS) is 15.7. The number of esters is 1. The van der Waals surface area contributed by atoms with Crippen LogP contribution in [0.3, 0.4) is 0 Å². The van der Waals surface area contributed by atoms with Crippen molar-refractivity contribution in [1.29, 1.82) is 0 Å². The van der Waals surface area contributed by atoms with Gasteiger partial charge < -0.3 is 24.0 Å². The van der Waals surface area contributed by atoms with Crippen molar-refractivity contribution in [1.82, 2.24) is 19.8 Å². The number of carbonyl (C=O) groups excluding carboxylic acids is 2. The molecular weight excluding hydrogens is 674 g/mol. The topological polar surface area (TPSA) is 152 Å². The Hall–Kier alpha value is -7.05. The van der Waals surface area contributed by atoms with Gasteiger partial charge in [-0.3, -0.25) is 4.79 Å². The van der Waals surface area contributed by atoms with Crippen molar-refractivity contribution in [3.63, 3.8) is 0 Å². The third-order valence-corrected chi connectivity index (χ3v) is 9.03. The number of fused-ring (bicyclic) bond motifs is 2. The maximum atomic E-state index is 13.7. The summed E-state index contributed by atoms with van der Waals surface area (Å²) in [7, 11) is 1.55. The van der Waals surface area contributed by atoms with Gasteiger partial charge in [0, 0.05) is 45.9 Å². The molecule has 4 aromatic carbocycles. The van der Waals surface area contributed by atoms with Gasteiger partial charge in [0.1, 0.15) is 34.9 Å². The van der Waals surface area contributed by atoms with E-state index in [2.05, 4.69) is 15.2 Å². The third-order valence-electron chi connectivity index (χ3n) is 9.03. The second-order valence-corrected chi connectivity index (χ2v) is 12.3.